The molecule has 3 heteroatoms. The topological polar surface area (TPSA) is 30.5 Å². The molecule has 0 aliphatic heterocycles. The van der Waals surface area contributed by atoms with E-state index in [1.807, 2.05) is 0 Å². The zero-order chi connectivity index (χ0) is 14.5. The van der Waals surface area contributed by atoms with Crippen molar-refractivity contribution in [3.8, 4) is 0 Å². The van der Waals surface area contributed by atoms with Gasteiger partial charge >= 0.3 is 0 Å². The summed E-state index contributed by atoms with van der Waals surface area (Å²) in [5, 5.41) is 3.61. The molecule has 0 radical (unpaired) electrons. The van der Waals surface area contributed by atoms with Crippen molar-refractivity contribution in [3.05, 3.63) is 0 Å². The quantitative estimate of drug-likeness (QED) is 0.687. The van der Waals surface area contributed by atoms with Gasteiger partial charge in [0, 0.05) is 11.5 Å². The maximum Gasteiger partial charge on any atom is 0.0707 e. The number of hydrogen-bond donors (Lipinski definition) is 1. The third-order valence-electron chi connectivity index (χ3n) is 4.49. The molecule has 19 heavy (non-hydrogen) atoms. The van der Waals surface area contributed by atoms with E-state index in [2.05, 4.69) is 46.9 Å². The van der Waals surface area contributed by atoms with Crippen molar-refractivity contribution in [3.63, 3.8) is 0 Å². The van der Waals surface area contributed by atoms with Crippen molar-refractivity contribution in [2.45, 2.75) is 78.6 Å². The lowest BCUT2D eigenvalue weighted by atomic mass is 9.58. The average Bonchev–Trinajstić information content (AvgIpc) is 2.32. The Kier molecular flexibility index (Phi) is 6.28. The third-order valence-corrected chi connectivity index (χ3v) is 4.49. The summed E-state index contributed by atoms with van der Waals surface area (Å²) in [5.74, 6) is 0. The van der Waals surface area contributed by atoms with Crippen LogP contribution in [0, 0.1) is 5.41 Å². The molecular weight excluding hydrogens is 238 g/mol. The number of nitrogens with one attached hydrogen (secondary N) is 1. The molecule has 2 atom stereocenters. The molecule has 1 aliphatic rings. The van der Waals surface area contributed by atoms with Crippen LogP contribution in [0.15, 0.2) is 0 Å². The maximum atomic E-state index is 6.08. The smallest absolute Gasteiger partial charge is 0.0707 e. The molecule has 0 saturated heterocycles. The zero-order valence-corrected chi connectivity index (χ0v) is 13.7. The van der Waals surface area contributed by atoms with Crippen LogP contribution in [0.3, 0.4) is 0 Å². The Morgan fingerprint density at radius 1 is 1.11 bits per heavy atom. The molecule has 0 heterocycles. The molecular formula is C16H33NO2. The fraction of sp³-hybridized carbons (Fsp3) is 1.00. The largest absolute Gasteiger partial charge is 0.375 e. The van der Waals surface area contributed by atoms with E-state index in [0.29, 0.717) is 30.8 Å². The predicted molar refractivity (Wildman–Crippen MR) is 80.5 cm³/mol. The predicted octanol–water partition coefficient (Wildman–Crippen LogP) is 3.37. The lowest BCUT2D eigenvalue weighted by molar-refractivity contribution is -0.154. The fourth-order valence-electron chi connectivity index (χ4n) is 3.25. The summed E-state index contributed by atoms with van der Waals surface area (Å²) in [6.45, 7) is 15.5. The zero-order valence-electron chi connectivity index (χ0n) is 13.7. The monoisotopic (exact) mass is 271 g/mol. The second kappa shape index (κ2) is 7.05. The standard InChI is InChI=1S/C16H33NO2/c1-7-16(8-2)13(17-9-3)12-14(16)18-10-11-19-15(4,5)6/h13-14,17H,7-12H2,1-6H3. The van der Waals surface area contributed by atoms with Crippen LogP contribution in [0.5, 0.6) is 0 Å². The molecule has 0 amide bonds. The molecule has 1 rings (SSSR count). The van der Waals surface area contributed by atoms with Crippen molar-refractivity contribution >= 4 is 0 Å². The molecule has 0 spiro atoms. The van der Waals surface area contributed by atoms with E-state index in [1.165, 1.54) is 12.8 Å². The van der Waals surface area contributed by atoms with Gasteiger partial charge in [-0.3, -0.25) is 0 Å². The van der Waals surface area contributed by atoms with Gasteiger partial charge in [0.1, 0.15) is 0 Å². The van der Waals surface area contributed by atoms with Crippen molar-refractivity contribution in [2.24, 2.45) is 5.41 Å². The molecule has 0 aromatic rings. The van der Waals surface area contributed by atoms with Gasteiger partial charge < -0.3 is 14.8 Å². The van der Waals surface area contributed by atoms with Gasteiger partial charge in [-0.15, -0.1) is 0 Å². The Bertz CT molecular complexity index is 256. The number of rotatable bonds is 8. The van der Waals surface area contributed by atoms with E-state index in [9.17, 15) is 0 Å². The lowest BCUT2D eigenvalue weighted by Gasteiger charge is -2.55. The Balaban J connectivity index is 2.38. The van der Waals surface area contributed by atoms with Gasteiger partial charge in [-0.2, -0.15) is 0 Å². The highest BCUT2D eigenvalue weighted by Gasteiger charge is 2.52. The summed E-state index contributed by atoms with van der Waals surface area (Å²) >= 11 is 0. The Morgan fingerprint density at radius 3 is 2.21 bits per heavy atom. The third kappa shape index (κ3) is 4.17. The van der Waals surface area contributed by atoms with Crippen LogP contribution < -0.4 is 5.32 Å². The summed E-state index contributed by atoms with van der Waals surface area (Å²) in [5.41, 5.74) is 0.264. The normalized spacial score (nSPS) is 26.2. The highest BCUT2D eigenvalue weighted by molar-refractivity contribution is 5.06. The van der Waals surface area contributed by atoms with E-state index in [4.69, 9.17) is 9.47 Å². The van der Waals surface area contributed by atoms with Crippen molar-refractivity contribution in [1.29, 1.82) is 0 Å². The van der Waals surface area contributed by atoms with Gasteiger partial charge in [-0.25, -0.2) is 0 Å². The van der Waals surface area contributed by atoms with Gasteiger partial charge in [0.2, 0.25) is 0 Å². The molecule has 0 bridgehead atoms. The van der Waals surface area contributed by atoms with Crippen molar-refractivity contribution < 1.29 is 9.47 Å². The summed E-state index contributed by atoms with van der Waals surface area (Å²) in [7, 11) is 0. The van der Waals surface area contributed by atoms with Crippen LogP contribution in [0.1, 0.15) is 60.8 Å². The maximum absolute atomic E-state index is 6.08. The van der Waals surface area contributed by atoms with Crippen LogP contribution in [-0.2, 0) is 9.47 Å². The van der Waals surface area contributed by atoms with Gasteiger partial charge in [-0.05, 0) is 46.6 Å². The van der Waals surface area contributed by atoms with Gasteiger partial charge in [0.15, 0.2) is 0 Å². The summed E-state index contributed by atoms with van der Waals surface area (Å²) in [4.78, 5) is 0. The van der Waals surface area contributed by atoms with Gasteiger partial charge in [0.25, 0.3) is 0 Å². The van der Waals surface area contributed by atoms with Crippen molar-refractivity contribution in [2.75, 3.05) is 19.8 Å². The highest BCUT2D eigenvalue weighted by Crippen LogP contribution is 2.48. The van der Waals surface area contributed by atoms with Gasteiger partial charge in [0.05, 0.1) is 24.9 Å². The molecule has 3 nitrogen and oxygen atoms in total. The molecule has 114 valence electrons. The van der Waals surface area contributed by atoms with E-state index >= 15 is 0 Å². The van der Waals surface area contributed by atoms with Crippen LogP contribution in [0.4, 0.5) is 0 Å². The fourth-order valence-corrected chi connectivity index (χ4v) is 3.25. The second-order valence-electron chi connectivity index (χ2n) is 6.61. The first-order chi connectivity index (χ1) is 8.89. The molecule has 0 aromatic heterocycles. The Morgan fingerprint density at radius 2 is 1.74 bits per heavy atom. The van der Waals surface area contributed by atoms with E-state index in [-0.39, 0.29) is 5.60 Å². The molecule has 1 fully saturated rings. The molecule has 1 N–H and O–H groups in total. The highest BCUT2D eigenvalue weighted by atomic mass is 16.5. The Labute approximate surface area is 119 Å². The summed E-state index contributed by atoms with van der Waals surface area (Å²) < 4.78 is 11.8. The summed E-state index contributed by atoms with van der Waals surface area (Å²) in [6.07, 6.45) is 3.92. The van der Waals surface area contributed by atoms with Gasteiger partial charge in [-0.1, -0.05) is 20.8 Å². The van der Waals surface area contributed by atoms with Crippen LogP contribution >= 0.6 is 0 Å². The van der Waals surface area contributed by atoms with E-state index in [1.54, 1.807) is 0 Å². The Hall–Kier alpha value is -0.120. The first-order valence-electron chi connectivity index (χ1n) is 7.88. The summed E-state index contributed by atoms with van der Waals surface area (Å²) in [6, 6.07) is 0.626. The molecule has 1 saturated carbocycles. The van der Waals surface area contributed by atoms with E-state index < -0.39 is 0 Å². The minimum absolute atomic E-state index is 0.0676. The van der Waals surface area contributed by atoms with E-state index in [0.717, 1.165) is 13.0 Å². The van der Waals surface area contributed by atoms with Crippen LogP contribution in [-0.4, -0.2) is 37.5 Å². The molecule has 0 aromatic carbocycles. The van der Waals surface area contributed by atoms with Crippen molar-refractivity contribution in [1.82, 2.24) is 5.32 Å². The first-order valence-corrected chi connectivity index (χ1v) is 7.88. The number of hydrogen-bond acceptors (Lipinski definition) is 3. The minimum atomic E-state index is -0.0676. The SMILES string of the molecule is CCNC1CC(OCCOC(C)(C)C)C1(CC)CC. The number of ether oxygens (including phenoxy) is 2. The first kappa shape index (κ1) is 16.9. The van der Waals surface area contributed by atoms with Crippen LogP contribution in [0.2, 0.25) is 0 Å². The minimum Gasteiger partial charge on any atom is -0.375 e. The lowest BCUT2D eigenvalue weighted by Crippen LogP contribution is -2.63. The second-order valence-corrected chi connectivity index (χ2v) is 6.61. The molecule has 1 aliphatic carbocycles. The molecule has 2 unspecified atom stereocenters. The average molecular weight is 271 g/mol. The van der Waals surface area contributed by atoms with Crippen LogP contribution in [0.25, 0.3) is 0 Å².